The molecule has 1 unspecified atom stereocenters. The number of carbonyl (C=O) groups excluding carboxylic acids is 1. The number of hydrogen-bond acceptors (Lipinski definition) is 6. The Morgan fingerprint density at radius 2 is 2.10 bits per heavy atom. The molecule has 31 heavy (non-hydrogen) atoms. The fourth-order valence-electron chi connectivity index (χ4n) is 3.54. The van der Waals surface area contributed by atoms with E-state index in [4.69, 9.17) is 16.3 Å². The fraction of sp³-hybridized carbons (Fsp3) is 0.429. The van der Waals surface area contributed by atoms with Gasteiger partial charge < -0.3 is 14.5 Å². The fourth-order valence-corrected chi connectivity index (χ4v) is 4.09. The summed E-state index contributed by atoms with van der Waals surface area (Å²) >= 11 is 9.41. The van der Waals surface area contributed by atoms with Gasteiger partial charge in [-0.1, -0.05) is 11.6 Å². The molecule has 0 bridgehead atoms. The largest absolute Gasteiger partial charge is 0.444 e. The lowest BCUT2D eigenvalue weighted by atomic mass is 10.0. The van der Waals surface area contributed by atoms with Crippen molar-refractivity contribution in [3.05, 3.63) is 33.1 Å². The average molecular weight is 509 g/mol. The summed E-state index contributed by atoms with van der Waals surface area (Å²) in [7, 11) is 0. The first-order valence-electron chi connectivity index (χ1n) is 9.55. The summed E-state index contributed by atoms with van der Waals surface area (Å²) < 4.78 is 20.0. The van der Waals surface area contributed by atoms with Gasteiger partial charge in [-0.05, 0) is 48.8 Å². The van der Waals surface area contributed by atoms with Gasteiger partial charge in [-0.2, -0.15) is 10.5 Å². The standard InChI is InChI=1S/C21H20BrClFN5O2/c1-21(2,3)31-20(30)29-7-6-28(11-12(29)4-5-25)18-13-8-16(24)15(22)9-17(13)27-19(23)14(18)10-26/h8-9,12H,4,6-7,11H2,1-3H3. The van der Waals surface area contributed by atoms with E-state index in [0.29, 0.717) is 23.1 Å². The van der Waals surface area contributed by atoms with E-state index >= 15 is 0 Å². The number of nitrogens with zero attached hydrogens (tertiary/aromatic N) is 5. The summed E-state index contributed by atoms with van der Waals surface area (Å²) in [5.41, 5.74) is 0.325. The van der Waals surface area contributed by atoms with Gasteiger partial charge in [-0.3, -0.25) is 0 Å². The van der Waals surface area contributed by atoms with Gasteiger partial charge in [0, 0.05) is 25.0 Å². The van der Waals surface area contributed by atoms with Crippen LogP contribution in [0.5, 0.6) is 0 Å². The average Bonchev–Trinajstić information content (AvgIpc) is 2.67. The molecule has 1 fully saturated rings. The van der Waals surface area contributed by atoms with Crippen LogP contribution in [0.2, 0.25) is 5.15 Å². The van der Waals surface area contributed by atoms with Crippen molar-refractivity contribution in [2.24, 2.45) is 0 Å². The molecule has 0 spiro atoms. The SMILES string of the molecule is CC(C)(C)OC(=O)N1CCN(c2c(C#N)c(Cl)nc3cc(Br)c(F)cc23)CC1CC#N. The second-order valence-corrected chi connectivity index (χ2v) is 9.37. The third-order valence-corrected chi connectivity index (χ3v) is 5.70. The maximum absolute atomic E-state index is 14.3. The van der Waals surface area contributed by atoms with Crippen molar-refractivity contribution < 1.29 is 13.9 Å². The predicted octanol–water partition coefficient (Wildman–Crippen LogP) is 5.00. The van der Waals surface area contributed by atoms with Crippen LogP contribution in [0.15, 0.2) is 16.6 Å². The molecule has 1 atom stereocenters. The number of hydrogen-bond donors (Lipinski definition) is 0. The number of carbonyl (C=O) groups is 1. The highest BCUT2D eigenvalue weighted by atomic mass is 79.9. The van der Waals surface area contributed by atoms with Gasteiger partial charge in [0.2, 0.25) is 0 Å². The number of pyridine rings is 1. The van der Waals surface area contributed by atoms with Crippen molar-refractivity contribution in [1.29, 1.82) is 10.5 Å². The highest BCUT2D eigenvalue weighted by Crippen LogP contribution is 2.37. The van der Waals surface area contributed by atoms with Crippen molar-refractivity contribution in [2.45, 2.75) is 38.8 Å². The van der Waals surface area contributed by atoms with Crippen LogP contribution in [0.4, 0.5) is 14.9 Å². The van der Waals surface area contributed by atoms with Gasteiger partial charge >= 0.3 is 6.09 Å². The van der Waals surface area contributed by atoms with E-state index in [-0.39, 0.29) is 34.7 Å². The number of piperazine rings is 1. The van der Waals surface area contributed by atoms with Gasteiger partial charge in [0.15, 0.2) is 0 Å². The van der Waals surface area contributed by atoms with E-state index in [1.165, 1.54) is 17.0 Å². The first-order valence-corrected chi connectivity index (χ1v) is 10.7. The summed E-state index contributed by atoms with van der Waals surface area (Å²) in [5, 5.41) is 19.5. The molecule has 162 valence electrons. The molecule has 1 saturated heterocycles. The Balaban J connectivity index is 2.04. The van der Waals surface area contributed by atoms with Gasteiger partial charge in [0.1, 0.15) is 28.2 Å². The number of fused-ring (bicyclic) bond motifs is 1. The minimum absolute atomic E-state index is 0.00918. The molecule has 1 aliphatic rings. The monoisotopic (exact) mass is 507 g/mol. The maximum Gasteiger partial charge on any atom is 0.410 e. The van der Waals surface area contributed by atoms with Gasteiger partial charge in [-0.15, -0.1) is 0 Å². The summed E-state index contributed by atoms with van der Waals surface area (Å²) in [6.45, 7) is 6.20. The summed E-state index contributed by atoms with van der Waals surface area (Å²) in [6.07, 6.45) is -0.422. The Hall–Kier alpha value is -2.62. The number of nitriles is 2. The predicted molar refractivity (Wildman–Crippen MR) is 118 cm³/mol. The Morgan fingerprint density at radius 1 is 1.39 bits per heavy atom. The van der Waals surface area contributed by atoms with Crippen LogP contribution in [-0.2, 0) is 4.74 Å². The molecule has 1 aromatic carbocycles. The van der Waals surface area contributed by atoms with E-state index < -0.39 is 23.6 Å². The zero-order valence-corrected chi connectivity index (χ0v) is 19.6. The van der Waals surface area contributed by atoms with E-state index in [2.05, 4.69) is 33.1 Å². The molecule has 1 aromatic heterocycles. The molecule has 1 amide bonds. The zero-order valence-electron chi connectivity index (χ0n) is 17.2. The lowest BCUT2D eigenvalue weighted by Gasteiger charge is -2.42. The number of anilines is 1. The number of halogens is 3. The van der Waals surface area contributed by atoms with Crippen LogP contribution < -0.4 is 4.90 Å². The molecule has 7 nitrogen and oxygen atoms in total. The lowest BCUT2D eigenvalue weighted by molar-refractivity contribution is 0.0145. The van der Waals surface area contributed by atoms with Crippen LogP contribution >= 0.6 is 27.5 Å². The van der Waals surface area contributed by atoms with Crippen molar-refractivity contribution in [3.8, 4) is 12.1 Å². The summed E-state index contributed by atoms with van der Waals surface area (Å²) in [4.78, 5) is 20.3. The molecule has 2 heterocycles. The summed E-state index contributed by atoms with van der Waals surface area (Å²) in [5.74, 6) is -0.497. The number of aromatic nitrogens is 1. The number of rotatable bonds is 2. The van der Waals surface area contributed by atoms with Crippen LogP contribution in [-0.4, -0.2) is 47.3 Å². The molecule has 0 saturated carbocycles. The molecular formula is C21H20BrClFN5O2. The Morgan fingerprint density at radius 3 is 2.71 bits per heavy atom. The van der Waals surface area contributed by atoms with Crippen LogP contribution in [0, 0.1) is 28.5 Å². The highest BCUT2D eigenvalue weighted by Gasteiger charge is 2.35. The van der Waals surface area contributed by atoms with Crippen LogP contribution in [0.3, 0.4) is 0 Å². The molecule has 0 radical (unpaired) electrons. The van der Waals surface area contributed by atoms with Crippen molar-refractivity contribution in [3.63, 3.8) is 0 Å². The molecule has 2 aromatic rings. The lowest BCUT2D eigenvalue weighted by Crippen LogP contribution is -2.56. The third kappa shape index (κ3) is 4.84. The Bertz CT molecular complexity index is 1120. The Kier molecular flexibility index (Phi) is 6.59. The molecular weight excluding hydrogens is 489 g/mol. The first kappa shape index (κ1) is 23.1. The van der Waals surface area contributed by atoms with Gasteiger partial charge in [0.25, 0.3) is 0 Å². The minimum Gasteiger partial charge on any atom is -0.444 e. The molecule has 3 rings (SSSR count). The van der Waals surface area contributed by atoms with Crippen molar-refractivity contribution in [1.82, 2.24) is 9.88 Å². The van der Waals surface area contributed by atoms with E-state index in [0.717, 1.165) is 0 Å². The first-order chi connectivity index (χ1) is 14.6. The van der Waals surface area contributed by atoms with Crippen molar-refractivity contribution >= 4 is 50.2 Å². The second kappa shape index (κ2) is 8.86. The Labute approximate surface area is 193 Å². The molecule has 10 heteroatoms. The van der Waals surface area contributed by atoms with Crippen LogP contribution in [0.25, 0.3) is 10.9 Å². The van der Waals surface area contributed by atoms with E-state index in [1.54, 1.807) is 20.8 Å². The number of benzene rings is 1. The maximum atomic E-state index is 14.3. The zero-order chi connectivity index (χ0) is 22.9. The van der Waals surface area contributed by atoms with Crippen LogP contribution in [0.1, 0.15) is 32.8 Å². The second-order valence-electron chi connectivity index (χ2n) is 8.16. The summed E-state index contributed by atoms with van der Waals surface area (Å²) in [6, 6.07) is 6.50. The quantitative estimate of drug-likeness (QED) is 0.530. The molecule has 1 aliphatic heterocycles. The van der Waals surface area contributed by atoms with E-state index in [1.807, 2.05) is 4.90 Å². The highest BCUT2D eigenvalue weighted by molar-refractivity contribution is 9.10. The van der Waals surface area contributed by atoms with Gasteiger partial charge in [-0.25, -0.2) is 14.2 Å². The smallest absolute Gasteiger partial charge is 0.410 e. The molecule has 0 N–H and O–H groups in total. The van der Waals surface area contributed by atoms with E-state index in [9.17, 15) is 19.7 Å². The molecule has 0 aliphatic carbocycles. The van der Waals surface area contributed by atoms with Crippen molar-refractivity contribution in [2.75, 3.05) is 24.5 Å². The normalized spacial score (nSPS) is 16.7. The topological polar surface area (TPSA) is 93.2 Å². The third-order valence-electron chi connectivity index (χ3n) is 4.82. The minimum atomic E-state index is -0.668. The number of amides is 1. The number of ether oxygens (including phenoxy) is 1. The van der Waals surface area contributed by atoms with Gasteiger partial charge in [0.05, 0.1) is 34.2 Å².